The van der Waals surface area contributed by atoms with Crippen molar-refractivity contribution in [2.24, 2.45) is 5.92 Å². The van der Waals surface area contributed by atoms with Crippen molar-refractivity contribution in [3.05, 3.63) is 53.9 Å². The third-order valence-electron chi connectivity index (χ3n) is 5.18. The van der Waals surface area contributed by atoms with Gasteiger partial charge in [-0.05, 0) is 45.5 Å². The highest BCUT2D eigenvalue weighted by Crippen LogP contribution is 2.21. The molecule has 0 unspecified atom stereocenters. The molecule has 1 N–H and O–H groups in total. The van der Waals surface area contributed by atoms with Crippen LogP contribution in [0.4, 0.5) is 5.95 Å². The van der Waals surface area contributed by atoms with Crippen molar-refractivity contribution in [3.63, 3.8) is 0 Å². The number of amides is 1. The van der Waals surface area contributed by atoms with E-state index in [2.05, 4.69) is 56.3 Å². The number of nitrogens with zero attached hydrogens (tertiary/aromatic N) is 4. The lowest BCUT2D eigenvalue weighted by atomic mass is 9.97. The van der Waals surface area contributed by atoms with E-state index in [9.17, 15) is 4.79 Å². The lowest BCUT2D eigenvalue weighted by molar-refractivity contribution is -0.125. The number of hydrogen-bond donors (Lipinski definition) is 1. The number of nitrogens with one attached hydrogen (secondary N) is 1. The first-order valence-corrected chi connectivity index (χ1v) is 9.57. The van der Waals surface area contributed by atoms with Gasteiger partial charge in [-0.25, -0.2) is 9.97 Å². The molecule has 1 aromatic carbocycles. The fraction of sp³-hybridized carbons (Fsp3) is 0.476. The lowest BCUT2D eigenvalue weighted by Gasteiger charge is -2.32. The average Bonchev–Trinajstić information content (AvgIpc) is 2.70. The molecule has 0 aliphatic carbocycles. The van der Waals surface area contributed by atoms with E-state index in [-0.39, 0.29) is 17.9 Å². The van der Waals surface area contributed by atoms with Gasteiger partial charge in [-0.1, -0.05) is 29.8 Å². The summed E-state index contributed by atoms with van der Waals surface area (Å²) < 4.78 is 0. The van der Waals surface area contributed by atoms with Gasteiger partial charge in [0.2, 0.25) is 11.9 Å². The zero-order valence-electron chi connectivity index (χ0n) is 16.4. The largest absolute Gasteiger partial charge is 0.354 e. The van der Waals surface area contributed by atoms with Crippen LogP contribution in [0.3, 0.4) is 0 Å². The molecular formula is C21H29N5O. The Morgan fingerprint density at radius 3 is 2.63 bits per heavy atom. The van der Waals surface area contributed by atoms with E-state index in [0.717, 1.165) is 19.4 Å². The molecule has 6 heteroatoms. The fourth-order valence-electron chi connectivity index (χ4n) is 3.56. The van der Waals surface area contributed by atoms with Crippen LogP contribution in [-0.4, -0.2) is 54.5 Å². The molecule has 1 amide bonds. The molecule has 2 heterocycles. The van der Waals surface area contributed by atoms with Gasteiger partial charge in [0.25, 0.3) is 0 Å². The smallest absolute Gasteiger partial charge is 0.225 e. The maximum atomic E-state index is 12.8. The van der Waals surface area contributed by atoms with E-state index in [1.807, 2.05) is 20.2 Å². The number of piperidine rings is 1. The Balaban J connectivity index is 1.59. The lowest BCUT2D eigenvalue weighted by Crippen LogP contribution is -2.45. The molecule has 0 saturated carbocycles. The molecule has 0 bridgehead atoms. The summed E-state index contributed by atoms with van der Waals surface area (Å²) in [4.78, 5) is 25.7. The van der Waals surface area contributed by atoms with Crippen LogP contribution in [0.1, 0.15) is 30.0 Å². The Hall–Kier alpha value is -2.47. The van der Waals surface area contributed by atoms with Crippen LogP contribution in [-0.2, 0) is 4.79 Å². The van der Waals surface area contributed by atoms with E-state index in [4.69, 9.17) is 0 Å². The molecule has 1 aromatic heterocycles. The summed E-state index contributed by atoms with van der Waals surface area (Å²) in [5.74, 6) is 0.804. The summed E-state index contributed by atoms with van der Waals surface area (Å²) in [5.41, 5.74) is 2.46. The molecule has 2 aromatic rings. The van der Waals surface area contributed by atoms with Gasteiger partial charge < -0.3 is 15.1 Å². The monoisotopic (exact) mass is 367 g/mol. The summed E-state index contributed by atoms with van der Waals surface area (Å²) in [5, 5.41) is 3.17. The Bertz CT molecular complexity index is 732. The number of benzene rings is 1. The third kappa shape index (κ3) is 5.04. The Labute approximate surface area is 161 Å². The maximum Gasteiger partial charge on any atom is 0.225 e. The Morgan fingerprint density at radius 1 is 1.26 bits per heavy atom. The number of rotatable bonds is 6. The third-order valence-corrected chi connectivity index (χ3v) is 5.18. The van der Waals surface area contributed by atoms with E-state index >= 15 is 0 Å². The van der Waals surface area contributed by atoms with Crippen LogP contribution in [0, 0.1) is 12.8 Å². The normalized spacial score (nSPS) is 18.4. The van der Waals surface area contributed by atoms with E-state index in [1.165, 1.54) is 11.1 Å². The summed E-state index contributed by atoms with van der Waals surface area (Å²) in [7, 11) is 4.09. The molecular weight excluding hydrogens is 338 g/mol. The standard InChI is InChI=1S/C21H29N5O/c1-16-7-9-17(10-8-16)19(25(2)3)14-24-20(27)18-6-4-13-26(15-18)21-22-11-5-12-23-21/h5,7-12,18-19H,4,6,13-15H2,1-3H3,(H,24,27)/t18-,19-/m1/s1. The minimum atomic E-state index is -0.0246. The zero-order valence-corrected chi connectivity index (χ0v) is 16.4. The van der Waals surface area contributed by atoms with Gasteiger partial charge in [0.15, 0.2) is 0 Å². The van der Waals surface area contributed by atoms with Crippen LogP contribution in [0.5, 0.6) is 0 Å². The van der Waals surface area contributed by atoms with Gasteiger partial charge in [0.1, 0.15) is 0 Å². The quantitative estimate of drug-likeness (QED) is 0.850. The summed E-state index contributed by atoms with van der Waals surface area (Å²) in [6.07, 6.45) is 5.38. The summed E-state index contributed by atoms with van der Waals surface area (Å²) in [6, 6.07) is 10.5. The topological polar surface area (TPSA) is 61.4 Å². The molecule has 1 saturated heterocycles. The molecule has 144 valence electrons. The van der Waals surface area contributed by atoms with Gasteiger partial charge in [-0.3, -0.25) is 4.79 Å². The molecule has 0 spiro atoms. The Morgan fingerprint density at radius 2 is 1.96 bits per heavy atom. The van der Waals surface area contributed by atoms with Crippen LogP contribution in [0.2, 0.25) is 0 Å². The Kier molecular flexibility index (Phi) is 6.40. The van der Waals surface area contributed by atoms with Crippen molar-refractivity contribution in [2.75, 3.05) is 38.6 Å². The van der Waals surface area contributed by atoms with Gasteiger partial charge in [0.05, 0.1) is 12.0 Å². The van der Waals surface area contributed by atoms with Crippen LogP contribution >= 0.6 is 0 Å². The van der Waals surface area contributed by atoms with Gasteiger partial charge in [-0.2, -0.15) is 0 Å². The predicted octanol–water partition coefficient (Wildman–Crippen LogP) is 2.42. The summed E-state index contributed by atoms with van der Waals surface area (Å²) >= 11 is 0. The first kappa shape index (κ1) is 19.3. The van der Waals surface area contributed by atoms with Crippen molar-refractivity contribution < 1.29 is 4.79 Å². The average molecular weight is 367 g/mol. The number of aryl methyl sites for hydroxylation is 1. The number of anilines is 1. The highest BCUT2D eigenvalue weighted by atomic mass is 16.1. The highest BCUT2D eigenvalue weighted by molar-refractivity contribution is 5.79. The minimum absolute atomic E-state index is 0.0246. The van der Waals surface area contributed by atoms with E-state index in [1.54, 1.807) is 12.4 Å². The second-order valence-electron chi connectivity index (χ2n) is 7.47. The minimum Gasteiger partial charge on any atom is -0.354 e. The van der Waals surface area contributed by atoms with Crippen LogP contribution in [0.15, 0.2) is 42.7 Å². The molecule has 1 fully saturated rings. The number of likely N-dealkylation sites (N-methyl/N-ethyl adjacent to an activating group) is 1. The molecule has 27 heavy (non-hydrogen) atoms. The first-order valence-electron chi connectivity index (χ1n) is 9.57. The van der Waals surface area contributed by atoms with Crippen molar-refractivity contribution in [1.82, 2.24) is 20.2 Å². The van der Waals surface area contributed by atoms with Crippen LogP contribution in [0.25, 0.3) is 0 Å². The zero-order chi connectivity index (χ0) is 19.2. The predicted molar refractivity (Wildman–Crippen MR) is 108 cm³/mol. The number of aromatic nitrogens is 2. The van der Waals surface area contributed by atoms with Crippen molar-refractivity contribution in [3.8, 4) is 0 Å². The van der Waals surface area contributed by atoms with Crippen molar-refractivity contribution >= 4 is 11.9 Å². The van der Waals surface area contributed by atoms with Gasteiger partial charge in [0, 0.05) is 32.0 Å². The van der Waals surface area contributed by atoms with Crippen LogP contribution < -0.4 is 10.2 Å². The molecule has 0 radical (unpaired) electrons. The van der Waals surface area contributed by atoms with Crippen molar-refractivity contribution in [1.29, 1.82) is 0 Å². The van der Waals surface area contributed by atoms with Crippen molar-refractivity contribution in [2.45, 2.75) is 25.8 Å². The maximum absolute atomic E-state index is 12.8. The first-order chi connectivity index (χ1) is 13.0. The molecule has 1 aliphatic heterocycles. The second-order valence-corrected chi connectivity index (χ2v) is 7.47. The van der Waals surface area contributed by atoms with E-state index in [0.29, 0.717) is 19.0 Å². The molecule has 2 atom stereocenters. The summed E-state index contributed by atoms with van der Waals surface area (Å²) in [6.45, 7) is 4.26. The number of hydrogen-bond acceptors (Lipinski definition) is 5. The SMILES string of the molecule is Cc1ccc([C@@H](CNC(=O)[C@@H]2CCCN(c3ncccn3)C2)N(C)C)cc1. The van der Waals surface area contributed by atoms with Gasteiger partial charge in [-0.15, -0.1) is 0 Å². The highest BCUT2D eigenvalue weighted by Gasteiger charge is 2.27. The fourth-order valence-corrected chi connectivity index (χ4v) is 3.56. The molecule has 1 aliphatic rings. The molecule has 3 rings (SSSR count). The van der Waals surface area contributed by atoms with Gasteiger partial charge >= 0.3 is 0 Å². The van der Waals surface area contributed by atoms with E-state index < -0.39 is 0 Å². The number of carbonyl (C=O) groups excluding carboxylic acids is 1. The number of carbonyl (C=O) groups is 1. The molecule has 6 nitrogen and oxygen atoms in total. The second kappa shape index (κ2) is 8.95.